The van der Waals surface area contributed by atoms with E-state index in [1.807, 2.05) is 45.0 Å². The van der Waals surface area contributed by atoms with Crippen molar-refractivity contribution in [3.05, 3.63) is 59.7 Å². The Kier molecular flexibility index (Phi) is 6.07. The van der Waals surface area contributed by atoms with Gasteiger partial charge < -0.3 is 15.1 Å². The van der Waals surface area contributed by atoms with Crippen molar-refractivity contribution in [3.63, 3.8) is 0 Å². The first kappa shape index (κ1) is 20.3. The van der Waals surface area contributed by atoms with E-state index in [9.17, 15) is 9.59 Å². The van der Waals surface area contributed by atoms with Crippen LogP contribution in [0, 0.1) is 12.8 Å². The van der Waals surface area contributed by atoms with Gasteiger partial charge in [0.15, 0.2) is 0 Å². The maximum absolute atomic E-state index is 12.8. The van der Waals surface area contributed by atoms with Gasteiger partial charge in [-0.15, -0.1) is 10.2 Å². The van der Waals surface area contributed by atoms with E-state index in [1.54, 1.807) is 24.3 Å². The molecule has 29 heavy (non-hydrogen) atoms. The van der Waals surface area contributed by atoms with Gasteiger partial charge in [-0.1, -0.05) is 31.5 Å². The standard InChI is InChI=1S/C22H24N4O3/c1-14(2)12-26(13-19(23)27)22(28)17-9-7-16(8-10-17)20-24-25-21(29-20)18-6-4-5-15(3)11-18/h4-11,14H,12-13H2,1-3H3,(H2,23,27). The SMILES string of the molecule is Cc1cccc(-c2nnc(-c3ccc(C(=O)N(CC(N)=O)CC(C)C)cc3)o2)c1. The molecule has 0 bridgehead atoms. The largest absolute Gasteiger partial charge is 0.416 e. The van der Waals surface area contributed by atoms with Crippen LogP contribution < -0.4 is 5.73 Å². The molecule has 2 N–H and O–H groups in total. The molecule has 3 rings (SSSR count). The summed E-state index contributed by atoms with van der Waals surface area (Å²) in [5.41, 5.74) is 8.41. The Morgan fingerprint density at radius 1 is 1.03 bits per heavy atom. The Bertz CT molecular complexity index is 1010. The number of hydrogen-bond donors (Lipinski definition) is 1. The third-order valence-corrected chi connectivity index (χ3v) is 4.29. The molecule has 0 aliphatic carbocycles. The van der Waals surface area contributed by atoms with Gasteiger partial charge in [0.25, 0.3) is 5.91 Å². The first-order valence-electron chi connectivity index (χ1n) is 9.42. The highest BCUT2D eigenvalue weighted by molar-refractivity contribution is 5.96. The van der Waals surface area contributed by atoms with E-state index >= 15 is 0 Å². The predicted octanol–water partition coefficient (Wildman–Crippen LogP) is 3.30. The summed E-state index contributed by atoms with van der Waals surface area (Å²) < 4.78 is 5.79. The van der Waals surface area contributed by atoms with E-state index in [1.165, 1.54) is 4.90 Å². The number of primary amides is 1. The number of rotatable bonds is 7. The van der Waals surface area contributed by atoms with Crippen LogP contribution in [0.4, 0.5) is 0 Å². The van der Waals surface area contributed by atoms with Gasteiger partial charge in [-0.3, -0.25) is 9.59 Å². The molecule has 0 spiro atoms. The van der Waals surface area contributed by atoms with Crippen LogP contribution in [0.3, 0.4) is 0 Å². The van der Waals surface area contributed by atoms with E-state index < -0.39 is 5.91 Å². The fraction of sp³-hybridized carbons (Fsp3) is 0.273. The summed E-state index contributed by atoms with van der Waals surface area (Å²) in [7, 11) is 0. The Balaban J connectivity index is 1.79. The summed E-state index contributed by atoms with van der Waals surface area (Å²) in [5.74, 6) is 0.251. The highest BCUT2D eigenvalue weighted by Crippen LogP contribution is 2.25. The van der Waals surface area contributed by atoms with Crippen molar-refractivity contribution in [1.29, 1.82) is 0 Å². The molecule has 150 valence electrons. The number of benzene rings is 2. The van der Waals surface area contributed by atoms with Crippen LogP contribution in [0.5, 0.6) is 0 Å². The Morgan fingerprint density at radius 3 is 2.28 bits per heavy atom. The number of nitrogens with zero attached hydrogens (tertiary/aromatic N) is 3. The van der Waals surface area contributed by atoms with Gasteiger partial charge in [-0.05, 0) is 49.2 Å². The average Bonchev–Trinajstić information content (AvgIpc) is 3.16. The lowest BCUT2D eigenvalue weighted by Crippen LogP contribution is -2.40. The molecule has 1 heterocycles. The molecule has 0 atom stereocenters. The number of carbonyl (C=O) groups excluding carboxylic acids is 2. The fourth-order valence-electron chi connectivity index (χ4n) is 3.02. The molecular weight excluding hydrogens is 368 g/mol. The number of hydrogen-bond acceptors (Lipinski definition) is 5. The normalized spacial score (nSPS) is 10.9. The molecule has 2 amide bonds. The third-order valence-electron chi connectivity index (χ3n) is 4.29. The van der Waals surface area contributed by atoms with E-state index in [4.69, 9.17) is 10.2 Å². The molecule has 0 fully saturated rings. The van der Waals surface area contributed by atoms with Gasteiger partial charge in [0.05, 0.1) is 6.54 Å². The van der Waals surface area contributed by atoms with Crippen LogP contribution in [0.15, 0.2) is 52.9 Å². The summed E-state index contributed by atoms with van der Waals surface area (Å²) in [6.07, 6.45) is 0. The first-order valence-corrected chi connectivity index (χ1v) is 9.42. The molecule has 2 aromatic carbocycles. The van der Waals surface area contributed by atoms with Crippen molar-refractivity contribution in [2.24, 2.45) is 11.7 Å². The Morgan fingerprint density at radius 2 is 1.69 bits per heavy atom. The van der Waals surface area contributed by atoms with Crippen molar-refractivity contribution in [3.8, 4) is 22.9 Å². The molecule has 0 radical (unpaired) electrons. The van der Waals surface area contributed by atoms with Gasteiger partial charge in [-0.2, -0.15) is 0 Å². The molecule has 7 heteroatoms. The maximum Gasteiger partial charge on any atom is 0.254 e. The van der Waals surface area contributed by atoms with Gasteiger partial charge in [0, 0.05) is 23.2 Å². The highest BCUT2D eigenvalue weighted by Gasteiger charge is 2.19. The highest BCUT2D eigenvalue weighted by atomic mass is 16.4. The summed E-state index contributed by atoms with van der Waals surface area (Å²) in [4.78, 5) is 25.5. The van der Waals surface area contributed by atoms with Crippen LogP contribution in [0.2, 0.25) is 0 Å². The number of carbonyl (C=O) groups is 2. The zero-order valence-corrected chi connectivity index (χ0v) is 16.8. The van der Waals surface area contributed by atoms with Crippen molar-refractivity contribution >= 4 is 11.8 Å². The minimum Gasteiger partial charge on any atom is -0.416 e. The molecule has 1 aromatic heterocycles. The monoisotopic (exact) mass is 392 g/mol. The number of aromatic nitrogens is 2. The van der Waals surface area contributed by atoms with Gasteiger partial charge in [0.2, 0.25) is 17.7 Å². The van der Waals surface area contributed by atoms with E-state index in [0.717, 1.165) is 11.1 Å². The molecule has 0 saturated heterocycles. The molecule has 7 nitrogen and oxygen atoms in total. The Labute approximate surface area is 169 Å². The summed E-state index contributed by atoms with van der Waals surface area (Å²) in [6, 6.07) is 14.7. The van der Waals surface area contributed by atoms with Crippen LogP contribution in [0.25, 0.3) is 22.9 Å². The van der Waals surface area contributed by atoms with E-state index in [0.29, 0.717) is 29.5 Å². The fourth-order valence-corrected chi connectivity index (χ4v) is 3.02. The maximum atomic E-state index is 12.8. The second-order valence-electron chi connectivity index (χ2n) is 7.41. The third kappa shape index (κ3) is 5.07. The van der Waals surface area contributed by atoms with E-state index in [2.05, 4.69) is 10.2 Å². The number of amides is 2. The van der Waals surface area contributed by atoms with E-state index in [-0.39, 0.29) is 18.4 Å². The van der Waals surface area contributed by atoms with Crippen LogP contribution >= 0.6 is 0 Å². The minimum absolute atomic E-state index is 0.109. The summed E-state index contributed by atoms with van der Waals surface area (Å²) >= 11 is 0. The number of nitrogens with two attached hydrogens (primary N) is 1. The van der Waals surface area contributed by atoms with Crippen LogP contribution in [-0.2, 0) is 4.79 Å². The quantitative estimate of drug-likeness (QED) is 0.665. The molecule has 0 unspecified atom stereocenters. The van der Waals surface area contributed by atoms with Gasteiger partial charge in [-0.25, -0.2) is 0 Å². The van der Waals surface area contributed by atoms with Crippen LogP contribution in [0.1, 0.15) is 29.8 Å². The molecule has 0 aliphatic heterocycles. The topological polar surface area (TPSA) is 102 Å². The van der Waals surface area contributed by atoms with Crippen molar-refractivity contribution in [2.45, 2.75) is 20.8 Å². The van der Waals surface area contributed by atoms with Crippen molar-refractivity contribution in [2.75, 3.05) is 13.1 Å². The lowest BCUT2D eigenvalue weighted by atomic mass is 10.1. The molecule has 0 aliphatic rings. The van der Waals surface area contributed by atoms with Crippen molar-refractivity contribution in [1.82, 2.24) is 15.1 Å². The molecule has 0 saturated carbocycles. The van der Waals surface area contributed by atoms with Gasteiger partial charge >= 0.3 is 0 Å². The van der Waals surface area contributed by atoms with Gasteiger partial charge in [0.1, 0.15) is 0 Å². The van der Waals surface area contributed by atoms with Crippen LogP contribution in [-0.4, -0.2) is 40.0 Å². The Hall–Kier alpha value is -3.48. The molecule has 3 aromatic rings. The predicted molar refractivity (Wildman–Crippen MR) is 110 cm³/mol. The summed E-state index contributed by atoms with van der Waals surface area (Å²) in [6.45, 7) is 6.30. The second kappa shape index (κ2) is 8.68. The minimum atomic E-state index is -0.537. The summed E-state index contributed by atoms with van der Waals surface area (Å²) in [5, 5.41) is 8.22. The average molecular weight is 392 g/mol. The lowest BCUT2D eigenvalue weighted by molar-refractivity contribution is -0.118. The molecular formula is C22H24N4O3. The smallest absolute Gasteiger partial charge is 0.254 e. The lowest BCUT2D eigenvalue weighted by Gasteiger charge is -2.23. The second-order valence-corrected chi connectivity index (χ2v) is 7.41. The first-order chi connectivity index (χ1) is 13.8. The zero-order valence-electron chi connectivity index (χ0n) is 16.8. The van der Waals surface area contributed by atoms with Crippen molar-refractivity contribution < 1.29 is 14.0 Å². The zero-order chi connectivity index (χ0) is 21.0. The number of aryl methyl sites for hydroxylation is 1.